The second-order valence-electron chi connectivity index (χ2n) is 4.58. The van der Waals surface area contributed by atoms with Crippen LogP contribution in [0.2, 0.25) is 0 Å². The van der Waals surface area contributed by atoms with E-state index in [1.807, 2.05) is 19.9 Å². The minimum Gasteiger partial charge on any atom is -0.391 e. The number of aromatic nitrogens is 2. The Morgan fingerprint density at radius 3 is 2.65 bits per heavy atom. The Morgan fingerprint density at radius 1 is 1.41 bits per heavy atom. The molecule has 0 amide bonds. The smallest absolute Gasteiger partial charge is 0.188 e. The van der Waals surface area contributed by atoms with Gasteiger partial charge in [0.25, 0.3) is 0 Å². The number of hydrogen-bond acceptors (Lipinski definition) is 5. The first-order valence-corrected chi connectivity index (χ1v) is 6.98. The zero-order valence-corrected chi connectivity index (χ0v) is 11.1. The van der Waals surface area contributed by atoms with E-state index in [2.05, 4.69) is 15.3 Å². The summed E-state index contributed by atoms with van der Waals surface area (Å²) in [6, 6.07) is 2.60. The maximum Gasteiger partial charge on any atom is 0.188 e. The first-order chi connectivity index (χ1) is 8.13. The second kappa shape index (κ2) is 5.80. The highest BCUT2D eigenvalue weighted by Crippen LogP contribution is 2.19. The Balaban J connectivity index is 1.75. The normalized spacial score (nSPS) is 17.1. The Morgan fingerprint density at radius 2 is 2.06 bits per heavy atom. The Labute approximate surface area is 106 Å². The minimum atomic E-state index is -0.329. The van der Waals surface area contributed by atoms with Crippen LogP contribution in [0.25, 0.3) is 0 Å². The molecule has 5 heteroatoms. The fraction of sp³-hybridized carbons (Fsp3) is 0.667. The van der Waals surface area contributed by atoms with Gasteiger partial charge in [-0.1, -0.05) is 11.8 Å². The third-order valence-electron chi connectivity index (χ3n) is 2.59. The molecule has 4 nitrogen and oxygen atoms in total. The molecule has 1 aliphatic rings. The van der Waals surface area contributed by atoms with Crippen LogP contribution in [0.1, 0.15) is 24.2 Å². The predicted octanol–water partition coefficient (Wildman–Crippen LogP) is 1.30. The molecule has 1 unspecified atom stereocenters. The highest BCUT2D eigenvalue weighted by atomic mass is 32.2. The molecule has 1 fully saturated rings. The standard InChI is InChI=1S/C12H19N3OS/c1-8-5-9(2)15-12(14-8)17-7-11(16)6-13-10-3-4-10/h5,10-11,13,16H,3-4,6-7H2,1-2H3. The van der Waals surface area contributed by atoms with Crippen molar-refractivity contribution < 1.29 is 5.11 Å². The summed E-state index contributed by atoms with van der Waals surface area (Å²) in [6.07, 6.45) is 2.17. The average Bonchev–Trinajstić information content (AvgIpc) is 3.06. The van der Waals surface area contributed by atoms with Gasteiger partial charge in [0, 0.05) is 29.7 Å². The zero-order valence-electron chi connectivity index (χ0n) is 10.3. The molecule has 94 valence electrons. The summed E-state index contributed by atoms with van der Waals surface area (Å²) < 4.78 is 0. The average molecular weight is 253 g/mol. The highest BCUT2D eigenvalue weighted by Gasteiger charge is 2.21. The van der Waals surface area contributed by atoms with Crippen LogP contribution >= 0.6 is 11.8 Å². The summed E-state index contributed by atoms with van der Waals surface area (Å²) in [5, 5.41) is 13.9. The molecule has 0 saturated heterocycles. The summed E-state index contributed by atoms with van der Waals surface area (Å²) in [7, 11) is 0. The van der Waals surface area contributed by atoms with Gasteiger partial charge in [0.2, 0.25) is 0 Å². The van der Waals surface area contributed by atoms with Crippen molar-refractivity contribution in [2.75, 3.05) is 12.3 Å². The van der Waals surface area contributed by atoms with Gasteiger partial charge in [-0.15, -0.1) is 0 Å². The largest absolute Gasteiger partial charge is 0.391 e. The van der Waals surface area contributed by atoms with Crippen LogP contribution in [0.4, 0.5) is 0 Å². The van der Waals surface area contributed by atoms with Gasteiger partial charge in [0.15, 0.2) is 5.16 Å². The van der Waals surface area contributed by atoms with Gasteiger partial charge in [-0.25, -0.2) is 9.97 Å². The number of nitrogens with zero attached hydrogens (tertiary/aromatic N) is 2. The van der Waals surface area contributed by atoms with E-state index >= 15 is 0 Å². The predicted molar refractivity (Wildman–Crippen MR) is 69.3 cm³/mol. The van der Waals surface area contributed by atoms with Crippen molar-refractivity contribution in [1.29, 1.82) is 0 Å². The lowest BCUT2D eigenvalue weighted by atomic mass is 10.4. The number of aryl methyl sites for hydroxylation is 2. The molecule has 2 N–H and O–H groups in total. The number of rotatable bonds is 6. The van der Waals surface area contributed by atoms with Crippen molar-refractivity contribution in [3.05, 3.63) is 17.5 Å². The summed E-state index contributed by atoms with van der Waals surface area (Å²) in [4.78, 5) is 8.67. The van der Waals surface area contributed by atoms with Gasteiger partial charge in [0.1, 0.15) is 0 Å². The van der Waals surface area contributed by atoms with Crippen LogP contribution in [0.3, 0.4) is 0 Å². The fourth-order valence-electron chi connectivity index (χ4n) is 1.58. The number of nitrogens with one attached hydrogen (secondary N) is 1. The molecule has 0 bridgehead atoms. The van der Waals surface area contributed by atoms with E-state index in [4.69, 9.17) is 0 Å². The summed E-state index contributed by atoms with van der Waals surface area (Å²) in [5.74, 6) is 0.641. The number of aliphatic hydroxyl groups excluding tert-OH is 1. The van der Waals surface area contributed by atoms with Crippen LogP contribution in [-0.4, -0.2) is 39.5 Å². The van der Waals surface area contributed by atoms with Gasteiger partial charge in [-0.05, 0) is 32.8 Å². The van der Waals surface area contributed by atoms with Gasteiger partial charge >= 0.3 is 0 Å². The van der Waals surface area contributed by atoms with E-state index in [1.165, 1.54) is 24.6 Å². The summed E-state index contributed by atoms with van der Waals surface area (Å²) in [6.45, 7) is 4.59. The molecule has 1 atom stereocenters. The van der Waals surface area contributed by atoms with Crippen molar-refractivity contribution in [2.45, 2.75) is 44.0 Å². The third kappa shape index (κ3) is 4.61. The molecule has 1 aromatic rings. The Bertz CT molecular complexity index is 362. The third-order valence-corrected chi connectivity index (χ3v) is 3.58. The van der Waals surface area contributed by atoms with E-state index in [0.29, 0.717) is 18.3 Å². The molecule has 1 heterocycles. The maximum atomic E-state index is 9.79. The van der Waals surface area contributed by atoms with E-state index in [-0.39, 0.29) is 6.10 Å². The lowest BCUT2D eigenvalue weighted by Crippen LogP contribution is -2.29. The van der Waals surface area contributed by atoms with Gasteiger partial charge in [-0.3, -0.25) is 0 Å². The van der Waals surface area contributed by atoms with Crippen molar-refractivity contribution in [3.63, 3.8) is 0 Å². The molecule has 1 saturated carbocycles. The maximum absolute atomic E-state index is 9.79. The first kappa shape index (κ1) is 12.8. The van der Waals surface area contributed by atoms with E-state index < -0.39 is 0 Å². The molecule has 0 spiro atoms. The van der Waals surface area contributed by atoms with E-state index in [0.717, 1.165) is 16.5 Å². The summed E-state index contributed by atoms with van der Waals surface area (Å²) in [5.41, 5.74) is 1.95. The number of hydrogen-bond donors (Lipinski definition) is 2. The SMILES string of the molecule is Cc1cc(C)nc(SCC(O)CNC2CC2)n1. The van der Waals surface area contributed by atoms with Crippen molar-refractivity contribution in [2.24, 2.45) is 0 Å². The van der Waals surface area contributed by atoms with E-state index in [1.54, 1.807) is 0 Å². The summed E-state index contributed by atoms with van der Waals surface area (Å²) >= 11 is 1.52. The van der Waals surface area contributed by atoms with Crippen LogP contribution in [0.5, 0.6) is 0 Å². The Kier molecular flexibility index (Phi) is 4.36. The van der Waals surface area contributed by atoms with Crippen LogP contribution in [0, 0.1) is 13.8 Å². The lowest BCUT2D eigenvalue weighted by Gasteiger charge is -2.10. The lowest BCUT2D eigenvalue weighted by molar-refractivity contribution is 0.195. The molecule has 0 radical (unpaired) electrons. The van der Waals surface area contributed by atoms with Gasteiger partial charge in [0.05, 0.1) is 6.10 Å². The molecule has 17 heavy (non-hydrogen) atoms. The molecule has 0 aromatic carbocycles. The molecular weight excluding hydrogens is 234 g/mol. The molecule has 1 aliphatic carbocycles. The number of aliphatic hydroxyl groups is 1. The van der Waals surface area contributed by atoms with Crippen molar-refractivity contribution in [1.82, 2.24) is 15.3 Å². The topological polar surface area (TPSA) is 58.0 Å². The van der Waals surface area contributed by atoms with E-state index in [9.17, 15) is 5.11 Å². The minimum absolute atomic E-state index is 0.329. The molecular formula is C12H19N3OS. The molecule has 0 aliphatic heterocycles. The van der Waals surface area contributed by atoms with Crippen molar-refractivity contribution in [3.8, 4) is 0 Å². The van der Waals surface area contributed by atoms with Crippen LogP contribution in [-0.2, 0) is 0 Å². The molecule has 1 aromatic heterocycles. The Hall–Kier alpha value is -0.650. The van der Waals surface area contributed by atoms with Crippen LogP contribution < -0.4 is 5.32 Å². The second-order valence-corrected chi connectivity index (χ2v) is 5.57. The zero-order chi connectivity index (χ0) is 12.3. The van der Waals surface area contributed by atoms with Gasteiger partial charge in [-0.2, -0.15) is 0 Å². The highest BCUT2D eigenvalue weighted by molar-refractivity contribution is 7.99. The first-order valence-electron chi connectivity index (χ1n) is 6.00. The molecule has 2 rings (SSSR count). The quantitative estimate of drug-likeness (QED) is 0.591. The monoisotopic (exact) mass is 253 g/mol. The van der Waals surface area contributed by atoms with Crippen LogP contribution in [0.15, 0.2) is 11.2 Å². The van der Waals surface area contributed by atoms with Gasteiger partial charge < -0.3 is 10.4 Å². The fourth-order valence-corrected chi connectivity index (χ4v) is 2.45. The van der Waals surface area contributed by atoms with Crippen molar-refractivity contribution >= 4 is 11.8 Å². The number of thioether (sulfide) groups is 1.